The Kier molecular flexibility index (Phi) is 8.11. The Morgan fingerprint density at radius 1 is 1.08 bits per heavy atom. The maximum atomic E-state index is 13.4. The van der Waals surface area contributed by atoms with Gasteiger partial charge in [-0.25, -0.2) is 0 Å². The maximum Gasteiger partial charge on any atom is 0.295 e. The van der Waals surface area contributed by atoms with Crippen LogP contribution in [-0.4, -0.2) is 72.6 Å². The molecule has 2 aromatic carbocycles. The third kappa shape index (κ3) is 5.32. The highest BCUT2D eigenvalue weighted by atomic mass is 16.5. The third-order valence-electron chi connectivity index (χ3n) is 6.98. The van der Waals surface area contributed by atoms with Gasteiger partial charge in [0.05, 0.1) is 31.4 Å². The molecule has 7 heteroatoms. The van der Waals surface area contributed by atoms with Crippen molar-refractivity contribution in [2.45, 2.75) is 39.7 Å². The fourth-order valence-electron chi connectivity index (χ4n) is 4.90. The van der Waals surface area contributed by atoms with Crippen LogP contribution < -0.4 is 4.74 Å². The van der Waals surface area contributed by atoms with Gasteiger partial charge in [0, 0.05) is 31.7 Å². The van der Waals surface area contributed by atoms with Crippen LogP contribution in [0, 0.1) is 6.92 Å². The molecule has 2 aromatic rings. The second-order valence-electron chi connectivity index (χ2n) is 9.68. The number of aryl methyl sites for hydroxylation is 1. The van der Waals surface area contributed by atoms with Crippen molar-refractivity contribution in [1.82, 2.24) is 9.80 Å². The predicted molar refractivity (Wildman–Crippen MR) is 139 cm³/mol. The number of carbonyl (C=O) groups is 2. The summed E-state index contributed by atoms with van der Waals surface area (Å²) in [5.74, 6) is -0.329. The highest BCUT2D eigenvalue weighted by Crippen LogP contribution is 2.40. The number of hydrogen-bond donors (Lipinski definition) is 1. The SMILES string of the molecule is CCOc1ccc(C(O)=C2C(=O)C(=O)N(CCN3CCOCC3)[C@H]2c2ccc(C(C)C)cc2)c(C)c1. The van der Waals surface area contributed by atoms with Crippen LogP contribution in [0.15, 0.2) is 48.0 Å². The number of carbonyl (C=O) groups excluding carboxylic acids is 2. The molecule has 36 heavy (non-hydrogen) atoms. The molecule has 1 N–H and O–H groups in total. The Labute approximate surface area is 213 Å². The average Bonchev–Trinajstić information content (AvgIpc) is 3.13. The molecule has 0 bridgehead atoms. The number of nitrogens with zero attached hydrogens (tertiary/aromatic N) is 2. The minimum atomic E-state index is -0.654. The summed E-state index contributed by atoms with van der Waals surface area (Å²) in [5.41, 5.74) is 3.41. The summed E-state index contributed by atoms with van der Waals surface area (Å²) in [6.45, 7) is 12.5. The summed E-state index contributed by atoms with van der Waals surface area (Å²) in [6.07, 6.45) is 0. The highest BCUT2D eigenvalue weighted by molar-refractivity contribution is 6.46. The van der Waals surface area contributed by atoms with E-state index in [0.717, 1.165) is 24.2 Å². The van der Waals surface area contributed by atoms with Crippen molar-refractivity contribution < 1.29 is 24.2 Å². The number of ether oxygens (including phenoxy) is 2. The molecule has 0 unspecified atom stereocenters. The molecule has 0 aromatic heterocycles. The molecule has 2 aliphatic rings. The van der Waals surface area contributed by atoms with Gasteiger partial charge < -0.3 is 19.5 Å². The number of aliphatic hydroxyl groups is 1. The van der Waals surface area contributed by atoms with Gasteiger partial charge in [-0.2, -0.15) is 0 Å². The number of morpholine rings is 1. The molecule has 1 amide bonds. The summed E-state index contributed by atoms with van der Waals surface area (Å²) in [4.78, 5) is 30.5. The minimum Gasteiger partial charge on any atom is -0.507 e. The van der Waals surface area contributed by atoms with Crippen molar-refractivity contribution in [3.8, 4) is 5.75 Å². The maximum absolute atomic E-state index is 13.4. The zero-order chi connectivity index (χ0) is 25.8. The summed E-state index contributed by atoms with van der Waals surface area (Å²) < 4.78 is 11.0. The molecule has 2 aliphatic heterocycles. The van der Waals surface area contributed by atoms with Crippen LogP contribution in [0.5, 0.6) is 5.75 Å². The van der Waals surface area contributed by atoms with Crippen molar-refractivity contribution in [2.75, 3.05) is 46.0 Å². The van der Waals surface area contributed by atoms with Crippen LogP contribution in [0.1, 0.15) is 55.0 Å². The number of rotatable bonds is 8. The molecule has 0 spiro atoms. The number of benzene rings is 2. The van der Waals surface area contributed by atoms with E-state index in [2.05, 4.69) is 18.7 Å². The summed E-state index contributed by atoms with van der Waals surface area (Å²) in [7, 11) is 0. The Bertz CT molecular complexity index is 1130. The zero-order valence-corrected chi connectivity index (χ0v) is 21.6. The van der Waals surface area contributed by atoms with Gasteiger partial charge >= 0.3 is 0 Å². The molecule has 0 aliphatic carbocycles. The molecule has 2 saturated heterocycles. The standard InChI is InChI=1S/C29H36N2O5/c1-5-36-23-10-11-24(20(4)18-23)27(32)25-26(22-8-6-21(7-9-22)19(2)3)31(29(34)28(25)33)13-12-30-14-16-35-17-15-30/h6-11,18-19,26,32H,5,12-17H2,1-4H3/t26-/m0/s1. The number of likely N-dealkylation sites (tertiary alicyclic amines) is 1. The third-order valence-corrected chi connectivity index (χ3v) is 6.98. The van der Waals surface area contributed by atoms with E-state index < -0.39 is 17.7 Å². The topological polar surface area (TPSA) is 79.3 Å². The van der Waals surface area contributed by atoms with Crippen LogP contribution in [-0.2, 0) is 14.3 Å². The lowest BCUT2D eigenvalue weighted by molar-refractivity contribution is -0.140. The van der Waals surface area contributed by atoms with Gasteiger partial charge in [-0.1, -0.05) is 38.1 Å². The van der Waals surface area contributed by atoms with Crippen molar-refractivity contribution in [1.29, 1.82) is 0 Å². The Morgan fingerprint density at radius 2 is 1.78 bits per heavy atom. The molecule has 192 valence electrons. The van der Waals surface area contributed by atoms with Gasteiger partial charge in [0.2, 0.25) is 0 Å². The number of amides is 1. The first-order valence-corrected chi connectivity index (χ1v) is 12.7. The van der Waals surface area contributed by atoms with Crippen LogP contribution in [0.2, 0.25) is 0 Å². The van der Waals surface area contributed by atoms with Gasteiger partial charge in [-0.15, -0.1) is 0 Å². The quantitative estimate of drug-likeness (QED) is 0.337. The fourth-order valence-corrected chi connectivity index (χ4v) is 4.90. The minimum absolute atomic E-state index is 0.131. The lowest BCUT2D eigenvalue weighted by Crippen LogP contribution is -2.42. The fraction of sp³-hybridized carbons (Fsp3) is 0.448. The zero-order valence-electron chi connectivity index (χ0n) is 21.6. The molecule has 2 heterocycles. The van der Waals surface area contributed by atoms with E-state index >= 15 is 0 Å². The van der Waals surface area contributed by atoms with Crippen LogP contribution >= 0.6 is 0 Å². The van der Waals surface area contributed by atoms with Crippen LogP contribution in [0.3, 0.4) is 0 Å². The normalized spacial score (nSPS) is 20.4. The largest absolute Gasteiger partial charge is 0.507 e. The molecular weight excluding hydrogens is 456 g/mol. The first-order valence-electron chi connectivity index (χ1n) is 12.7. The van der Waals surface area contributed by atoms with E-state index in [1.165, 1.54) is 5.56 Å². The molecule has 1 atom stereocenters. The monoisotopic (exact) mass is 492 g/mol. The second-order valence-corrected chi connectivity index (χ2v) is 9.68. The Hall–Kier alpha value is -3.16. The van der Waals surface area contributed by atoms with Gasteiger partial charge in [-0.05, 0) is 54.7 Å². The van der Waals surface area contributed by atoms with Gasteiger partial charge in [0.1, 0.15) is 11.5 Å². The number of hydrogen-bond acceptors (Lipinski definition) is 6. The van der Waals surface area contributed by atoms with E-state index in [1.807, 2.05) is 44.2 Å². The van der Waals surface area contributed by atoms with Crippen molar-refractivity contribution in [2.24, 2.45) is 0 Å². The Balaban J connectivity index is 1.75. The summed E-state index contributed by atoms with van der Waals surface area (Å²) in [5, 5.41) is 11.4. The number of ketones is 1. The summed E-state index contributed by atoms with van der Waals surface area (Å²) in [6, 6.07) is 12.7. The van der Waals surface area contributed by atoms with E-state index in [-0.39, 0.29) is 11.3 Å². The predicted octanol–water partition coefficient (Wildman–Crippen LogP) is 4.27. The van der Waals surface area contributed by atoms with Gasteiger partial charge in [0.15, 0.2) is 0 Å². The van der Waals surface area contributed by atoms with Crippen molar-refractivity contribution in [3.05, 3.63) is 70.3 Å². The summed E-state index contributed by atoms with van der Waals surface area (Å²) >= 11 is 0. The first-order chi connectivity index (χ1) is 17.3. The second kappa shape index (κ2) is 11.3. The molecule has 4 rings (SSSR count). The van der Waals surface area contributed by atoms with Crippen molar-refractivity contribution in [3.63, 3.8) is 0 Å². The first kappa shape index (κ1) is 25.9. The van der Waals surface area contributed by atoms with Crippen LogP contribution in [0.4, 0.5) is 0 Å². The molecule has 7 nitrogen and oxygen atoms in total. The molecule has 0 saturated carbocycles. The smallest absolute Gasteiger partial charge is 0.295 e. The van der Waals surface area contributed by atoms with E-state index in [0.29, 0.717) is 50.1 Å². The van der Waals surface area contributed by atoms with Crippen molar-refractivity contribution >= 4 is 17.4 Å². The van der Waals surface area contributed by atoms with E-state index in [4.69, 9.17) is 9.47 Å². The van der Waals surface area contributed by atoms with E-state index in [1.54, 1.807) is 17.0 Å². The average molecular weight is 493 g/mol. The lowest BCUT2D eigenvalue weighted by atomic mass is 9.92. The molecule has 0 radical (unpaired) electrons. The highest BCUT2D eigenvalue weighted by Gasteiger charge is 2.46. The number of Topliss-reactive ketones (excluding diaryl/α,β-unsaturated/α-hetero) is 1. The van der Waals surface area contributed by atoms with Crippen LogP contribution in [0.25, 0.3) is 5.76 Å². The van der Waals surface area contributed by atoms with E-state index in [9.17, 15) is 14.7 Å². The Morgan fingerprint density at radius 3 is 2.39 bits per heavy atom. The lowest BCUT2D eigenvalue weighted by Gasteiger charge is -2.31. The van der Waals surface area contributed by atoms with Gasteiger partial charge in [-0.3, -0.25) is 14.5 Å². The molecule has 2 fully saturated rings. The molecular formula is C29H36N2O5. The number of aliphatic hydroxyl groups excluding tert-OH is 1. The van der Waals surface area contributed by atoms with Gasteiger partial charge in [0.25, 0.3) is 11.7 Å².